The van der Waals surface area contributed by atoms with Gasteiger partial charge in [-0.25, -0.2) is 9.37 Å². The third-order valence-electron chi connectivity index (χ3n) is 2.95. The second-order valence-corrected chi connectivity index (χ2v) is 4.70. The van der Waals surface area contributed by atoms with E-state index in [1.54, 1.807) is 0 Å². The van der Waals surface area contributed by atoms with Crippen LogP contribution < -0.4 is 5.32 Å². The largest absolute Gasteiger partial charge is 0.367 e. The fourth-order valence-electron chi connectivity index (χ4n) is 1.82. The van der Waals surface area contributed by atoms with Gasteiger partial charge in [0.15, 0.2) is 11.6 Å². The van der Waals surface area contributed by atoms with Crippen LogP contribution in [0.15, 0.2) is 36.5 Å². The van der Waals surface area contributed by atoms with Crippen molar-refractivity contribution in [3.63, 3.8) is 0 Å². The van der Waals surface area contributed by atoms with Crippen molar-refractivity contribution in [3.8, 4) is 0 Å². The third kappa shape index (κ3) is 3.89. The predicted molar refractivity (Wildman–Crippen MR) is 75.0 cm³/mol. The normalized spacial score (nSPS) is 12.2. The molecule has 0 bridgehead atoms. The lowest BCUT2D eigenvalue weighted by Crippen LogP contribution is -2.09. The summed E-state index contributed by atoms with van der Waals surface area (Å²) < 4.78 is 13.4. The topological polar surface area (TPSA) is 37.8 Å². The highest BCUT2D eigenvalue weighted by molar-refractivity contribution is 6.28. The summed E-state index contributed by atoms with van der Waals surface area (Å²) in [5.74, 6) is 0.0612. The zero-order valence-electron chi connectivity index (χ0n) is 10.6. The summed E-state index contributed by atoms with van der Waals surface area (Å²) in [4.78, 5) is 7.38. The van der Waals surface area contributed by atoms with Gasteiger partial charge in [-0.05, 0) is 29.5 Å². The van der Waals surface area contributed by atoms with Gasteiger partial charge in [0.1, 0.15) is 0 Å². The minimum absolute atomic E-state index is 0.0417. The fraction of sp³-hybridized carbons (Fsp3) is 0.286. The predicted octanol–water partition coefficient (Wildman–Crippen LogP) is 3.87. The van der Waals surface area contributed by atoms with Gasteiger partial charge in [0.25, 0.3) is 0 Å². The van der Waals surface area contributed by atoms with Crippen molar-refractivity contribution in [2.75, 3.05) is 11.9 Å². The van der Waals surface area contributed by atoms with Crippen molar-refractivity contribution < 1.29 is 4.39 Å². The Morgan fingerprint density at radius 3 is 2.79 bits per heavy atom. The van der Waals surface area contributed by atoms with E-state index >= 15 is 0 Å². The highest BCUT2D eigenvalue weighted by Crippen LogP contribution is 2.19. The van der Waals surface area contributed by atoms with Gasteiger partial charge in [-0.1, -0.05) is 37.3 Å². The smallest absolute Gasteiger partial charge is 0.224 e. The second-order valence-electron chi connectivity index (χ2n) is 4.36. The van der Waals surface area contributed by atoms with Crippen LogP contribution in [-0.4, -0.2) is 16.5 Å². The van der Waals surface area contributed by atoms with E-state index in [0.717, 1.165) is 12.6 Å². The van der Waals surface area contributed by atoms with Gasteiger partial charge in [0, 0.05) is 6.54 Å². The number of nitrogens with zero attached hydrogens (tertiary/aromatic N) is 2. The minimum Gasteiger partial charge on any atom is -0.367 e. The number of hydrogen-bond donors (Lipinski definition) is 1. The molecular weight excluding hydrogens is 265 g/mol. The van der Waals surface area contributed by atoms with Crippen LogP contribution in [0.3, 0.4) is 0 Å². The lowest BCUT2D eigenvalue weighted by molar-refractivity contribution is 0.614. The molecule has 5 heteroatoms. The molecule has 1 N–H and O–H groups in total. The molecule has 3 nitrogen and oxygen atoms in total. The van der Waals surface area contributed by atoms with Gasteiger partial charge in [-0.3, -0.25) is 0 Å². The number of aromatic nitrogens is 2. The third-order valence-corrected chi connectivity index (χ3v) is 3.14. The van der Waals surface area contributed by atoms with Gasteiger partial charge in [0.05, 0.1) is 6.20 Å². The Kier molecular flexibility index (Phi) is 4.68. The van der Waals surface area contributed by atoms with E-state index in [1.807, 2.05) is 18.2 Å². The number of rotatable bonds is 5. The maximum Gasteiger partial charge on any atom is 0.224 e. The Hall–Kier alpha value is -1.68. The standard InChI is InChI=1S/C14H15ClFN3/c1-10(11-5-3-2-4-6-11)7-8-17-13-12(16)9-18-14(15)19-13/h2-6,9-10H,7-8H2,1H3,(H,17,18,19). The van der Waals surface area contributed by atoms with Crippen LogP contribution >= 0.6 is 11.6 Å². The monoisotopic (exact) mass is 279 g/mol. The van der Waals surface area contributed by atoms with Crippen molar-refractivity contribution in [2.24, 2.45) is 0 Å². The average Bonchev–Trinajstić information content (AvgIpc) is 2.43. The van der Waals surface area contributed by atoms with Crippen LogP contribution in [0, 0.1) is 5.82 Å². The number of benzene rings is 1. The molecule has 1 unspecified atom stereocenters. The maximum atomic E-state index is 13.4. The molecule has 0 saturated carbocycles. The first-order chi connectivity index (χ1) is 9.16. The average molecular weight is 280 g/mol. The van der Waals surface area contributed by atoms with E-state index in [4.69, 9.17) is 11.6 Å². The Labute approximate surface area is 116 Å². The van der Waals surface area contributed by atoms with Gasteiger partial charge in [-0.15, -0.1) is 0 Å². The molecular formula is C14H15ClFN3. The molecule has 1 aromatic heterocycles. The van der Waals surface area contributed by atoms with Crippen LogP contribution in [-0.2, 0) is 0 Å². The molecule has 0 spiro atoms. The van der Waals surface area contributed by atoms with Crippen LogP contribution in [0.5, 0.6) is 0 Å². The van der Waals surface area contributed by atoms with Crippen LogP contribution in [0.4, 0.5) is 10.2 Å². The molecule has 0 amide bonds. The first-order valence-electron chi connectivity index (χ1n) is 6.13. The van der Waals surface area contributed by atoms with Gasteiger partial charge >= 0.3 is 0 Å². The van der Waals surface area contributed by atoms with Crippen LogP contribution in [0.2, 0.25) is 5.28 Å². The molecule has 2 aromatic rings. The molecule has 1 atom stereocenters. The summed E-state index contributed by atoms with van der Waals surface area (Å²) >= 11 is 5.63. The highest BCUT2D eigenvalue weighted by atomic mass is 35.5. The van der Waals surface area contributed by atoms with Crippen LogP contribution in [0.25, 0.3) is 0 Å². The van der Waals surface area contributed by atoms with Crippen molar-refractivity contribution in [2.45, 2.75) is 19.3 Å². The highest BCUT2D eigenvalue weighted by Gasteiger charge is 2.07. The van der Waals surface area contributed by atoms with Crippen molar-refractivity contribution >= 4 is 17.4 Å². The van der Waals surface area contributed by atoms with E-state index < -0.39 is 5.82 Å². The molecule has 0 aliphatic heterocycles. The maximum absolute atomic E-state index is 13.4. The number of anilines is 1. The lowest BCUT2D eigenvalue weighted by atomic mass is 9.98. The van der Waals surface area contributed by atoms with Crippen molar-refractivity contribution in [1.29, 1.82) is 0 Å². The molecule has 0 aliphatic carbocycles. The summed E-state index contributed by atoms with van der Waals surface area (Å²) in [7, 11) is 0. The molecule has 100 valence electrons. The Morgan fingerprint density at radius 1 is 1.32 bits per heavy atom. The second kappa shape index (κ2) is 6.48. The molecule has 0 radical (unpaired) electrons. The summed E-state index contributed by atoms with van der Waals surface area (Å²) in [6.07, 6.45) is 1.95. The molecule has 0 saturated heterocycles. The Balaban J connectivity index is 1.88. The molecule has 0 fully saturated rings. The SMILES string of the molecule is CC(CCNc1nc(Cl)ncc1F)c1ccccc1. The zero-order chi connectivity index (χ0) is 13.7. The summed E-state index contributed by atoms with van der Waals surface area (Å²) in [5, 5.41) is 2.99. The van der Waals surface area contributed by atoms with Crippen LogP contribution in [0.1, 0.15) is 24.8 Å². The van der Waals surface area contributed by atoms with Gasteiger partial charge < -0.3 is 5.32 Å². The summed E-state index contributed by atoms with van der Waals surface area (Å²) in [6, 6.07) is 10.2. The van der Waals surface area contributed by atoms with Gasteiger partial charge in [-0.2, -0.15) is 4.98 Å². The van der Waals surface area contributed by atoms with E-state index in [9.17, 15) is 4.39 Å². The van der Waals surface area contributed by atoms with E-state index in [-0.39, 0.29) is 11.1 Å². The Bertz CT molecular complexity index is 533. The minimum atomic E-state index is -0.489. The molecule has 19 heavy (non-hydrogen) atoms. The van der Waals surface area contributed by atoms with Crippen molar-refractivity contribution in [3.05, 3.63) is 53.2 Å². The van der Waals surface area contributed by atoms with Gasteiger partial charge in [0.2, 0.25) is 5.28 Å². The summed E-state index contributed by atoms with van der Waals surface area (Å²) in [5.41, 5.74) is 1.27. The Morgan fingerprint density at radius 2 is 2.05 bits per heavy atom. The first kappa shape index (κ1) is 13.7. The number of hydrogen-bond acceptors (Lipinski definition) is 3. The number of nitrogens with one attached hydrogen (secondary N) is 1. The molecule has 1 aromatic carbocycles. The zero-order valence-corrected chi connectivity index (χ0v) is 11.4. The molecule has 1 heterocycles. The first-order valence-corrected chi connectivity index (χ1v) is 6.51. The quantitative estimate of drug-likeness (QED) is 0.844. The lowest BCUT2D eigenvalue weighted by Gasteiger charge is -2.12. The summed E-state index contributed by atoms with van der Waals surface area (Å²) in [6.45, 7) is 2.76. The molecule has 2 rings (SSSR count). The van der Waals surface area contributed by atoms with E-state index in [1.165, 1.54) is 5.56 Å². The molecule has 0 aliphatic rings. The van der Waals surface area contributed by atoms with Crippen molar-refractivity contribution in [1.82, 2.24) is 9.97 Å². The number of halogens is 2. The van der Waals surface area contributed by atoms with E-state index in [2.05, 4.69) is 34.3 Å². The van der Waals surface area contributed by atoms with E-state index in [0.29, 0.717) is 12.5 Å². The fourth-order valence-corrected chi connectivity index (χ4v) is 1.96.